The molecule has 3 aromatic rings. The molecule has 1 saturated carbocycles. The minimum Gasteiger partial charge on any atom is -0.494 e. The molecule has 0 atom stereocenters. The SMILES string of the molecule is C=C(OCC)c1c(C)c2cnc(Nc3ccc(N4CCC5(CC4)OCCO5)cn3)nc2n(C2CCCC2)c1=O. The molecular formula is C29H36N6O4. The van der Waals surface area contributed by atoms with Crippen LogP contribution in [0.25, 0.3) is 16.8 Å². The van der Waals surface area contributed by atoms with Crippen LogP contribution < -0.4 is 15.8 Å². The van der Waals surface area contributed by atoms with E-state index in [-0.39, 0.29) is 11.6 Å². The first-order chi connectivity index (χ1) is 19.0. The van der Waals surface area contributed by atoms with Gasteiger partial charge < -0.3 is 24.4 Å². The Hall–Kier alpha value is -3.50. The van der Waals surface area contributed by atoms with Gasteiger partial charge in [0.05, 0.1) is 37.3 Å². The molecule has 0 bridgehead atoms. The maximum Gasteiger partial charge on any atom is 0.263 e. The van der Waals surface area contributed by atoms with Gasteiger partial charge >= 0.3 is 0 Å². The van der Waals surface area contributed by atoms with E-state index in [2.05, 4.69) is 32.8 Å². The Kier molecular flexibility index (Phi) is 6.99. The van der Waals surface area contributed by atoms with Crippen molar-refractivity contribution in [3.8, 4) is 0 Å². The van der Waals surface area contributed by atoms with Gasteiger partial charge in [0.2, 0.25) is 5.95 Å². The maximum atomic E-state index is 13.8. The first-order valence-electron chi connectivity index (χ1n) is 14.0. The summed E-state index contributed by atoms with van der Waals surface area (Å²) in [5.74, 6) is 1.04. The summed E-state index contributed by atoms with van der Waals surface area (Å²) in [5, 5.41) is 4.05. The zero-order valence-corrected chi connectivity index (χ0v) is 22.7. The van der Waals surface area contributed by atoms with Gasteiger partial charge in [0.1, 0.15) is 17.2 Å². The minimum atomic E-state index is -0.395. The van der Waals surface area contributed by atoms with Crippen molar-refractivity contribution in [3.63, 3.8) is 0 Å². The Balaban J connectivity index is 1.26. The maximum absolute atomic E-state index is 13.8. The molecule has 39 heavy (non-hydrogen) atoms. The van der Waals surface area contributed by atoms with Gasteiger partial charge in [-0.15, -0.1) is 0 Å². The van der Waals surface area contributed by atoms with Crippen molar-refractivity contribution in [3.05, 3.63) is 52.6 Å². The van der Waals surface area contributed by atoms with E-state index in [1.807, 2.05) is 30.7 Å². The summed E-state index contributed by atoms with van der Waals surface area (Å²) >= 11 is 0. The van der Waals surface area contributed by atoms with Gasteiger partial charge in [-0.1, -0.05) is 19.4 Å². The second-order valence-corrected chi connectivity index (χ2v) is 10.5. The Morgan fingerprint density at radius 2 is 1.90 bits per heavy atom. The summed E-state index contributed by atoms with van der Waals surface area (Å²) in [6.45, 7) is 11.4. The molecule has 1 spiro atoms. The molecular weight excluding hydrogens is 496 g/mol. The highest BCUT2D eigenvalue weighted by atomic mass is 16.7. The van der Waals surface area contributed by atoms with Crippen LogP contribution in [0.1, 0.15) is 62.6 Å². The zero-order valence-electron chi connectivity index (χ0n) is 22.7. The fourth-order valence-electron chi connectivity index (χ4n) is 6.12. The number of nitrogens with one attached hydrogen (secondary N) is 1. The van der Waals surface area contributed by atoms with Crippen molar-refractivity contribution in [1.29, 1.82) is 0 Å². The monoisotopic (exact) mass is 532 g/mol. The number of aryl methyl sites for hydroxylation is 1. The molecule has 0 unspecified atom stereocenters. The first kappa shape index (κ1) is 25.8. The molecule has 6 rings (SSSR count). The third kappa shape index (κ3) is 4.87. The highest BCUT2D eigenvalue weighted by Gasteiger charge is 2.39. The lowest BCUT2D eigenvalue weighted by molar-refractivity contribution is -0.169. The van der Waals surface area contributed by atoms with Gasteiger partial charge in [0.15, 0.2) is 5.79 Å². The van der Waals surface area contributed by atoms with Gasteiger partial charge in [-0.25, -0.2) is 9.97 Å². The van der Waals surface area contributed by atoms with Crippen LogP contribution >= 0.6 is 0 Å². The van der Waals surface area contributed by atoms with E-state index in [4.69, 9.17) is 19.2 Å². The predicted molar refractivity (Wildman–Crippen MR) is 150 cm³/mol. The van der Waals surface area contributed by atoms with Crippen molar-refractivity contribution in [2.24, 2.45) is 0 Å². The smallest absolute Gasteiger partial charge is 0.263 e. The summed E-state index contributed by atoms with van der Waals surface area (Å²) in [5.41, 5.74) is 2.88. The summed E-state index contributed by atoms with van der Waals surface area (Å²) in [6, 6.07) is 4.08. The van der Waals surface area contributed by atoms with E-state index in [1.165, 1.54) is 0 Å². The summed E-state index contributed by atoms with van der Waals surface area (Å²) in [4.78, 5) is 30.1. The van der Waals surface area contributed by atoms with Crippen LogP contribution in [0.4, 0.5) is 17.5 Å². The zero-order chi connectivity index (χ0) is 27.0. The Morgan fingerprint density at radius 1 is 1.15 bits per heavy atom. The van der Waals surface area contributed by atoms with Gasteiger partial charge in [-0.2, -0.15) is 4.98 Å². The second kappa shape index (κ2) is 10.6. The topological polar surface area (TPSA) is 104 Å². The number of ether oxygens (including phenoxy) is 3. The normalized spacial score (nSPS) is 19.2. The molecule has 206 valence electrons. The Bertz CT molecular complexity index is 1410. The molecule has 0 radical (unpaired) electrons. The van der Waals surface area contributed by atoms with Crippen LogP contribution in [-0.4, -0.2) is 58.2 Å². The highest BCUT2D eigenvalue weighted by Crippen LogP contribution is 2.34. The average Bonchev–Trinajstić information content (AvgIpc) is 3.63. The lowest BCUT2D eigenvalue weighted by atomic mass is 10.0. The molecule has 2 saturated heterocycles. The quantitative estimate of drug-likeness (QED) is 0.434. The molecule has 3 fully saturated rings. The van der Waals surface area contributed by atoms with Gasteiger partial charge in [-0.05, 0) is 44.4 Å². The number of nitrogens with zero attached hydrogens (tertiary/aromatic N) is 5. The second-order valence-electron chi connectivity index (χ2n) is 10.5. The number of anilines is 3. The van der Waals surface area contributed by atoms with E-state index >= 15 is 0 Å². The summed E-state index contributed by atoms with van der Waals surface area (Å²) < 4.78 is 19.2. The van der Waals surface area contributed by atoms with Gasteiger partial charge in [0.25, 0.3) is 5.56 Å². The van der Waals surface area contributed by atoms with Crippen LogP contribution in [-0.2, 0) is 14.2 Å². The Labute approximate surface area is 228 Å². The number of piperidine rings is 1. The van der Waals surface area contributed by atoms with Crippen LogP contribution in [0.2, 0.25) is 0 Å². The lowest BCUT2D eigenvalue weighted by Gasteiger charge is -2.38. The molecule has 10 nitrogen and oxygen atoms in total. The number of hydrogen-bond donors (Lipinski definition) is 1. The third-order valence-corrected chi connectivity index (χ3v) is 8.19. The van der Waals surface area contributed by atoms with E-state index in [1.54, 1.807) is 6.20 Å². The number of rotatable bonds is 7. The largest absolute Gasteiger partial charge is 0.494 e. The van der Waals surface area contributed by atoms with E-state index in [0.717, 1.165) is 68.3 Å². The highest BCUT2D eigenvalue weighted by molar-refractivity contribution is 5.84. The molecule has 0 aromatic carbocycles. The molecule has 3 aromatic heterocycles. The fraction of sp³-hybridized carbons (Fsp3) is 0.517. The molecule has 1 N–H and O–H groups in total. The van der Waals surface area contributed by atoms with Crippen molar-refractivity contribution in [1.82, 2.24) is 19.5 Å². The van der Waals surface area contributed by atoms with Crippen LogP contribution in [0.3, 0.4) is 0 Å². The molecule has 0 amide bonds. The van der Waals surface area contributed by atoms with E-state index in [0.29, 0.717) is 48.6 Å². The number of fused-ring (bicyclic) bond motifs is 1. The Morgan fingerprint density at radius 3 is 2.56 bits per heavy atom. The molecule has 2 aliphatic heterocycles. The number of hydrogen-bond acceptors (Lipinski definition) is 9. The van der Waals surface area contributed by atoms with Crippen molar-refractivity contribution >= 4 is 34.2 Å². The first-order valence-corrected chi connectivity index (χ1v) is 14.0. The predicted octanol–water partition coefficient (Wildman–Crippen LogP) is 4.70. The molecule has 1 aliphatic carbocycles. The van der Waals surface area contributed by atoms with Crippen molar-refractivity contribution in [2.45, 2.75) is 64.2 Å². The van der Waals surface area contributed by atoms with E-state index < -0.39 is 5.79 Å². The average molecular weight is 533 g/mol. The number of pyridine rings is 2. The third-order valence-electron chi connectivity index (χ3n) is 8.19. The van der Waals surface area contributed by atoms with Crippen LogP contribution in [0.15, 0.2) is 35.9 Å². The molecule has 10 heteroatoms. The summed E-state index contributed by atoms with van der Waals surface area (Å²) in [7, 11) is 0. The minimum absolute atomic E-state index is 0.0950. The lowest BCUT2D eigenvalue weighted by Crippen LogP contribution is -2.45. The standard InChI is InChI=1S/C29H36N6O4/c1-4-37-20(3)25-19(2)23-18-31-28(33-26(23)35(27(25)36)21-7-5-6-8-21)32-24-10-9-22(17-30-24)34-13-11-29(12-14-34)38-15-16-39-29/h9-10,17-18,21H,3-8,11-16H2,1-2H3,(H,30,31,32,33). The fourth-order valence-corrected chi connectivity index (χ4v) is 6.12. The van der Waals surface area contributed by atoms with Crippen LogP contribution in [0, 0.1) is 6.92 Å². The van der Waals surface area contributed by atoms with E-state index in [9.17, 15) is 4.79 Å². The van der Waals surface area contributed by atoms with Crippen molar-refractivity contribution < 1.29 is 14.2 Å². The van der Waals surface area contributed by atoms with Gasteiger partial charge in [0, 0.05) is 43.6 Å². The van der Waals surface area contributed by atoms with Crippen molar-refractivity contribution in [2.75, 3.05) is 43.1 Å². The van der Waals surface area contributed by atoms with Gasteiger partial charge in [-0.3, -0.25) is 9.36 Å². The van der Waals surface area contributed by atoms with Crippen LogP contribution in [0.5, 0.6) is 0 Å². The molecule has 3 aliphatic rings. The number of aromatic nitrogens is 4. The molecule has 5 heterocycles. The summed E-state index contributed by atoms with van der Waals surface area (Å²) in [6.07, 6.45) is 9.42.